The lowest BCUT2D eigenvalue weighted by Gasteiger charge is -2.25. The first-order chi connectivity index (χ1) is 7.86. The molecule has 0 heterocycles. The number of carboxylic acids is 1. The van der Waals surface area contributed by atoms with Gasteiger partial charge < -0.3 is 10.8 Å². The average Bonchev–Trinajstić information content (AvgIpc) is 2.21. The van der Waals surface area contributed by atoms with Gasteiger partial charge in [-0.1, -0.05) is 47.0 Å². The van der Waals surface area contributed by atoms with Gasteiger partial charge in [-0.2, -0.15) is 0 Å². The standard InChI is InChI=1S/C14H29NO2/c1-5-12(13(15)9-14(16)17)8-11(4)7-6-10(2)3/h10-13H,5-9,15H2,1-4H3,(H,16,17). The first-order valence-electron chi connectivity index (χ1n) is 6.84. The summed E-state index contributed by atoms with van der Waals surface area (Å²) in [4.78, 5) is 10.7. The van der Waals surface area contributed by atoms with Crippen molar-refractivity contribution < 1.29 is 9.90 Å². The third kappa shape index (κ3) is 8.19. The molecule has 0 aliphatic carbocycles. The van der Waals surface area contributed by atoms with Crippen molar-refractivity contribution in [3.63, 3.8) is 0 Å². The van der Waals surface area contributed by atoms with Crippen molar-refractivity contribution in [2.75, 3.05) is 0 Å². The Morgan fingerprint density at radius 1 is 1.24 bits per heavy atom. The SMILES string of the molecule is CCC(CC(C)CCC(C)C)C(N)CC(=O)O. The lowest BCUT2D eigenvalue weighted by atomic mass is 9.84. The van der Waals surface area contributed by atoms with E-state index < -0.39 is 5.97 Å². The van der Waals surface area contributed by atoms with Gasteiger partial charge in [0.15, 0.2) is 0 Å². The molecule has 3 unspecified atom stereocenters. The molecular weight excluding hydrogens is 214 g/mol. The number of hydrogen-bond acceptors (Lipinski definition) is 2. The third-order valence-electron chi connectivity index (χ3n) is 3.48. The second-order valence-corrected chi connectivity index (χ2v) is 5.74. The smallest absolute Gasteiger partial charge is 0.304 e. The maximum absolute atomic E-state index is 10.7. The van der Waals surface area contributed by atoms with Gasteiger partial charge in [0.1, 0.15) is 0 Å². The van der Waals surface area contributed by atoms with Gasteiger partial charge >= 0.3 is 5.97 Å². The molecule has 0 fully saturated rings. The summed E-state index contributed by atoms with van der Waals surface area (Å²) < 4.78 is 0. The Balaban J connectivity index is 4.06. The fourth-order valence-electron chi connectivity index (χ4n) is 2.27. The predicted molar refractivity (Wildman–Crippen MR) is 71.9 cm³/mol. The van der Waals surface area contributed by atoms with Crippen LogP contribution in [0.2, 0.25) is 0 Å². The van der Waals surface area contributed by atoms with Crippen LogP contribution >= 0.6 is 0 Å². The monoisotopic (exact) mass is 243 g/mol. The number of nitrogens with two attached hydrogens (primary N) is 1. The van der Waals surface area contributed by atoms with Gasteiger partial charge in [-0.15, -0.1) is 0 Å². The molecule has 0 bridgehead atoms. The van der Waals surface area contributed by atoms with Crippen LogP contribution < -0.4 is 5.73 Å². The molecule has 0 aromatic carbocycles. The van der Waals surface area contributed by atoms with E-state index in [1.165, 1.54) is 12.8 Å². The number of hydrogen-bond donors (Lipinski definition) is 2. The molecule has 3 atom stereocenters. The normalized spacial score (nSPS) is 16.8. The maximum atomic E-state index is 10.7. The van der Waals surface area contributed by atoms with E-state index in [0.29, 0.717) is 11.8 Å². The Kier molecular flexibility index (Phi) is 8.23. The van der Waals surface area contributed by atoms with Crippen LogP contribution in [-0.4, -0.2) is 17.1 Å². The Bertz CT molecular complexity index is 216. The summed E-state index contributed by atoms with van der Waals surface area (Å²) in [7, 11) is 0. The molecule has 3 nitrogen and oxygen atoms in total. The van der Waals surface area contributed by atoms with Crippen molar-refractivity contribution in [2.45, 2.75) is 65.8 Å². The van der Waals surface area contributed by atoms with E-state index in [2.05, 4.69) is 27.7 Å². The minimum absolute atomic E-state index is 0.0927. The highest BCUT2D eigenvalue weighted by Gasteiger charge is 2.21. The van der Waals surface area contributed by atoms with E-state index in [-0.39, 0.29) is 12.5 Å². The van der Waals surface area contributed by atoms with E-state index >= 15 is 0 Å². The summed E-state index contributed by atoms with van der Waals surface area (Å²) in [5.41, 5.74) is 5.95. The molecule has 0 spiro atoms. The number of rotatable bonds is 9. The van der Waals surface area contributed by atoms with Gasteiger partial charge in [0.2, 0.25) is 0 Å². The van der Waals surface area contributed by atoms with Crippen molar-refractivity contribution in [3.05, 3.63) is 0 Å². The second kappa shape index (κ2) is 8.51. The summed E-state index contributed by atoms with van der Waals surface area (Å²) >= 11 is 0. The van der Waals surface area contributed by atoms with Crippen LogP contribution in [-0.2, 0) is 4.79 Å². The van der Waals surface area contributed by atoms with Crippen LogP contribution in [0.4, 0.5) is 0 Å². The maximum Gasteiger partial charge on any atom is 0.304 e. The van der Waals surface area contributed by atoms with Crippen molar-refractivity contribution in [1.82, 2.24) is 0 Å². The molecule has 0 radical (unpaired) electrons. The summed E-state index contributed by atoms with van der Waals surface area (Å²) in [5, 5.41) is 8.76. The van der Waals surface area contributed by atoms with Gasteiger partial charge in [-0.25, -0.2) is 0 Å². The largest absolute Gasteiger partial charge is 0.481 e. The van der Waals surface area contributed by atoms with Gasteiger partial charge in [0.05, 0.1) is 6.42 Å². The molecule has 0 aliphatic heterocycles. The highest BCUT2D eigenvalue weighted by Crippen LogP contribution is 2.24. The van der Waals surface area contributed by atoms with Crippen LogP contribution in [0.3, 0.4) is 0 Å². The summed E-state index contributed by atoms with van der Waals surface area (Å²) in [6.07, 6.45) is 4.58. The predicted octanol–water partition coefficient (Wildman–Crippen LogP) is 3.28. The van der Waals surface area contributed by atoms with Gasteiger partial charge in [-0.3, -0.25) is 4.79 Å². The summed E-state index contributed by atoms with van der Waals surface area (Å²) in [6.45, 7) is 8.82. The van der Waals surface area contributed by atoms with E-state index in [9.17, 15) is 4.79 Å². The molecular formula is C14H29NO2. The molecule has 3 N–H and O–H groups in total. The third-order valence-corrected chi connectivity index (χ3v) is 3.48. The zero-order valence-corrected chi connectivity index (χ0v) is 11.8. The van der Waals surface area contributed by atoms with Crippen LogP contribution in [0.15, 0.2) is 0 Å². The van der Waals surface area contributed by atoms with E-state index in [4.69, 9.17) is 10.8 Å². The zero-order valence-electron chi connectivity index (χ0n) is 11.8. The molecule has 0 rings (SSSR count). The highest BCUT2D eigenvalue weighted by molar-refractivity contribution is 5.67. The Morgan fingerprint density at radius 2 is 1.82 bits per heavy atom. The molecule has 0 saturated carbocycles. The Labute approximate surface area is 106 Å². The van der Waals surface area contributed by atoms with Gasteiger partial charge in [0.25, 0.3) is 0 Å². The molecule has 0 aliphatic rings. The average molecular weight is 243 g/mol. The van der Waals surface area contributed by atoms with Gasteiger partial charge in [0, 0.05) is 6.04 Å². The minimum Gasteiger partial charge on any atom is -0.481 e. The Hall–Kier alpha value is -0.570. The highest BCUT2D eigenvalue weighted by atomic mass is 16.4. The fourth-order valence-corrected chi connectivity index (χ4v) is 2.27. The zero-order chi connectivity index (χ0) is 13.4. The molecule has 0 amide bonds. The van der Waals surface area contributed by atoms with Crippen molar-refractivity contribution >= 4 is 5.97 Å². The minimum atomic E-state index is -0.786. The second-order valence-electron chi connectivity index (χ2n) is 5.74. The molecule has 102 valence electrons. The van der Waals surface area contributed by atoms with Crippen LogP contribution in [0.25, 0.3) is 0 Å². The van der Waals surface area contributed by atoms with Crippen molar-refractivity contribution in [2.24, 2.45) is 23.5 Å². The van der Waals surface area contributed by atoms with Crippen LogP contribution in [0.1, 0.15) is 59.8 Å². The molecule has 0 saturated heterocycles. The van der Waals surface area contributed by atoms with Crippen LogP contribution in [0.5, 0.6) is 0 Å². The first-order valence-corrected chi connectivity index (χ1v) is 6.84. The molecule has 3 heteroatoms. The number of carbonyl (C=O) groups is 1. The summed E-state index contributed by atoms with van der Waals surface area (Å²) in [5.74, 6) is 0.937. The van der Waals surface area contributed by atoms with E-state index in [0.717, 1.165) is 18.8 Å². The van der Waals surface area contributed by atoms with Crippen LogP contribution in [0, 0.1) is 17.8 Å². The lowest BCUT2D eigenvalue weighted by Crippen LogP contribution is -2.33. The van der Waals surface area contributed by atoms with Crippen molar-refractivity contribution in [3.8, 4) is 0 Å². The fraction of sp³-hybridized carbons (Fsp3) is 0.929. The molecule has 0 aromatic rings. The summed E-state index contributed by atoms with van der Waals surface area (Å²) in [6, 6.07) is -0.195. The molecule has 0 aromatic heterocycles. The number of carboxylic acid groups (broad SMARTS) is 1. The van der Waals surface area contributed by atoms with Crippen molar-refractivity contribution in [1.29, 1.82) is 0 Å². The Morgan fingerprint density at radius 3 is 2.24 bits per heavy atom. The van der Waals surface area contributed by atoms with Gasteiger partial charge in [-0.05, 0) is 24.2 Å². The lowest BCUT2D eigenvalue weighted by molar-refractivity contribution is -0.137. The quantitative estimate of drug-likeness (QED) is 0.653. The molecule has 17 heavy (non-hydrogen) atoms. The van der Waals surface area contributed by atoms with E-state index in [1.54, 1.807) is 0 Å². The topological polar surface area (TPSA) is 63.3 Å². The number of aliphatic carboxylic acids is 1. The van der Waals surface area contributed by atoms with E-state index in [1.807, 2.05) is 0 Å². The first kappa shape index (κ1) is 16.4.